The van der Waals surface area contributed by atoms with Gasteiger partial charge in [-0.2, -0.15) is 0 Å². The lowest BCUT2D eigenvalue weighted by atomic mass is 10.1. The molecule has 2 fully saturated rings. The standard InChI is InChI=1S/C12H16N4O2/c1-15-10-8(11(17)16(2)12(15)18)13-9(14-10)7-5-3-4-6-7/h7-8H,3-6H2,1-2H3. The lowest BCUT2D eigenvalue weighted by Gasteiger charge is -2.31. The van der Waals surface area contributed by atoms with Crippen molar-refractivity contribution in [3.63, 3.8) is 0 Å². The van der Waals surface area contributed by atoms with Gasteiger partial charge in [-0.15, -0.1) is 0 Å². The highest BCUT2D eigenvalue weighted by molar-refractivity contribution is 6.25. The topological polar surface area (TPSA) is 65.3 Å². The Bertz CT molecular complexity index is 476. The first-order chi connectivity index (χ1) is 8.59. The molecule has 2 heterocycles. The normalized spacial score (nSPS) is 28.7. The summed E-state index contributed by atoms with van der Waals surface area (Å²) in [5.41, 5.74) is 0. The Kier molecular flexibility index (Phi) is 2.46. The minimum Gasteiger partial charge on any atom is -0.282 e. The minimum absolute atomic E-state index is 0.273. The second-order valence-electron chi connectivity index (χ2n) is 5.08. The minimum atomic E-state index is -0.603. The highest BCUT2D eigenvalue weighted by Gasteiger charge is 2.44. The molecule has 0 radical (unpaired) electrons. The van der Waals surface area contributed by atoms with Gasteiger partial charge in [-0.1, -0.05) is 12.8 Å². The molecule has 0 aromatic heterocycles. The zero-order chi connectivity index (χ0) is 12.9. The van der Waals surface area contributed by atoms with Gasteiger partial charge < -0.3 is 0 Å². The van der Waals surface area contributed by atoms with E-state index < -0.39 is 6.04 Å². The molecule has 0 N–H and O–H groups in total. The van der Waals surface area contributed by atoms with E-state index in [1.165, 1.54) is 24.8 Å². The first-order valence-electron chi connectivity index (χ1n) is 6.31. The Labute approximate surface area is 105 Å². The van der Waals surface area contributed by atoms with E-state index >= 15 is 0 Å². The van der Waals surface area contributed by atoms with E-state index in [0.29, 0.717) is 11.8 Å². The molecule has 0 bridgehead atoms. The molecule has 2 aliphatic heterocycles. The van der Waals surface area contributed by atoms with Gasteiger partial charge in [0.1, 0.15) is 11.7 Å². The fraction of sp³-hybridized carbons (Fsp3) is 0.667. The monoisotopic (exact) mass is 248 g/mol. The summed E-state index contributed by atoms with van der Waals surface area (Å²) in [6.07, 6.45) is 4.57. The third-order valence-electron chi connectivity index (χ3n) is 3.94. The van der Waals surface area contributed by atoms with Gasteiger partial charge in [0.05, 0.1) is 0 Å². The first-order valence-corrected chi connectivity index (χ1v) is 6.31. The molecule has 1 saturated carbocycles. The zero-order valence-corrected chi connectivity index (χ0v) is 10.6. The van der Waals surface area contributed by atoms with Gasteiger partial charge in [-0.25, -0.2) is 14.8 Å². The molecular weight excluding hydrogens is 232 g/mol. The number of carbonyl (C=O) groups is 2. The van der Waals surface area contributed by atoms with E-state index in [-0.39, 0.29) is 11.9 Å². The number of likely N-dealkylation sites (N-methyl/N-ethyl adjacent to an activating group) is 2. The third kappa shape index (κ3) is 1.48. The largest absolute Gasteiger partial charge is 0.331 e. The quantitative estimate of drug-likeness (QED) is 0.691. The smallest absolute Gasteiger partial charge is 0.282 e. The zero-order valence-electron chi connectivity index (χ0n) is 10.6. The van der Waals surface area contributed by atoms with Crippen LogP contribution in [-0.2, 0) is 4.79 Å². The van der Waals surface area contributed by atoms with Gasteiger partial charge in [0.25, 0.3) is 5.91 Å². The number of hydrogen-bond acceptors (Lipinski definition) is 4. The fourth-order valence-corrected chi connectivity index (χ4v) is 2.80. The lowest BCUT2D eigenvalue weighted by molar-refractivity contribution is -0.128. The summed E-state index contributed by atoms with van der Waals surface area (Å²) in [5, 5.41) is 0. The molecule has 3 aliphatic rings. The number of aliphatic imine (C=N–C) groups is 2. The second kappa shape index (κ2) is 3.90. The van der Waals surface area contributed by atoms with Crippen molar-refractivity contribution < 1.29 is 9.59 Å². The second-order valence-corrected chi connectivity index (χ2v) is 5.08. The SMILES string of the molecule is CN1C(=O)C2N=C(C3CCCC3)N=C2N(C)C1=O. The molecular formula is C12H16N4O2. The number of amides is 3. The molecule has 1 unspecified atom stereocenters. The molecule has 1 saturated heterocycles. The van der Waals surface area contributed by atoms with Crippen LogP contribution in [0.3, 0.4) is 0 Å². The molecule has 3 amide bonds. The van der Waals surface area contributed by atoms with Crippen LogP contribution in [0.15, 0.2) is 9.98 Å². The molecule has 3 rings (SSSR count). The van der Waals surface area contributed by atoms with Crippen molar-refractivity contribution >= 4 is 23.6 Å². The Hall–Kier alpha value is -1.72. The summed E-state index contributed by atoms with van der Waals surface area (Å²) in [6, 6.07) is -0.939. The molecule has 18 heavy (non-hydrogen) atoms. The van der Waals surface area contributed by atoms with E-state index in [9.17, 15) is 9.59 Å². The van der Waals surface area contributed by atoms with Crippen molar-refractivity contribution in [1.82, 2.24) is 9.80 Å². The maximum atomic E-state index is 12.0. The van der Waals surface area contributed by atoms with Crippen LogP contribution >= 0.6 is 0 Å². The molecule has 0 aromatic carbocycles. The molecule has 6 nitrogen and oxygen atoms in total. The Morgan fingerprint density at radius 3 is 2.44 bits per heavy atom. The predicted molar refractivity (Wildman–Crippen MR) is 66.5 cm³/mol. The highest BCUT2D eigenvalue weighted by Crippen LogP contribution is 2.30. The number of urea groups is 1. The Balaban J connectivity index is 1.93. The third-order valence-corrected chi connectivity index (χ3v) is 3.94. The van der Waals surface area contributed by atoms with Gasteiger partial charge in [0.2, 0.25) is 0 Å². The summed E-state index contributed by atoms with van der Waals surface area (Å²) in [6.45, 7) is 0. The number of carbonyl (C=O) groups excluding carboxylic acids is 2. The van der Waals surface area contributed by atoms with Crippen molar-refractivity contribution in [3.05, 3.63) is 0 Å². The van der Waals surface area contributed by atoms with Crippen LogP contribution in [0, 0.1) is 5.92 Å². The number of hydrogen-bond donors (Lipinski definition) is 0. The first kappa shape index (κ1) is 11.4. The van der Waals surface area contributed by atoms with Gasteiger partial charge in [0, 0.05) is 20.0 Å². The number of nitrogens with zero attached hydrogens (tertiary/aromatic N) is 4. The molecule has 0 aromatic rings. The van der Waals surface area contributed by atoms with Crippen molar-refractivity contribution in [3.8, 4) is 0 Å². The van der Waals surface area contributed by atoms with Crippen molar-refractivity contribution in [1.29, 1.82) is 0 Å². The maximum absolute atomic E-state index is 12.0. The number of amidine groups is 2. The van der Waals surface area contributed by atoms with Crippen LogP contribution in [0.1, 0.15) is 25.7 Å². The predicted octanol–water partition coefficient (Wildman–Crippen LogP) is 0.880. The van der Waals surface area contributed by atoms with E-state index in [1.54, 1.807) is 7.05 Å². The van der Waals surface area contributed by atoms with Crippen LogP contribution in [-0.4, -0.2) is 53.5 Å². The summed E-state index contributed by atoms with van der Waals surface area (Å²) < 4.78 is 0. The van der Waals surface area contributed by atoms with Crippen LogP contribution in [0.4, 0.5) is 4.79 Å². The van der Waals surface area contributed by atoms with Gasteiger partial charge in [0.15, 0.2) is 6.04 Å². The molecule has 1 atom stereocenters. The van der Waals surface area contributed by atoms with Crippen LogP contribution < -0.4 is 0 Å². The van der Waals surface area contributed by atoms with Gasteiger partial charge >= 0.3 is 6.03 Å². The van der Waals surface area contributed by atoms with E-state index in [2.05, 4.69) is 9.98 Å². The van der Waals surface area contributed by atoms with E-state index in [1.807, 2.05) is 0 Å². The molecule has 96 valence electrons. The molecule has 6 heteroatoms. The van der Waals surface area contributed by atoms with Gasteiger partial charge in [-0.05, 0) is 12.8 Å². The Morgan fingerprint density at radius 1 is 1.11 bits per heavy atom. The number of rotatable bonds is 1. The van der Waals surface area contributed by atoms with E-state index in [0.717, 1.165) is 23.6 Å². The maximum Gasteiger partial charge on any atom is 0.331 e. The number of fused-ring (bicyclic) bond motifs is 1. The van der Waals surface area contributed by atoms with Crippen molar-refractivity contribution in [2.75, 3.05) is 14.1 Å². The van der Waals surface area contributed by atoms with Gasteiger partial charge in [-0.3, -0.25) is 14.6 Å². The lowest BCUT2D eigenvalue weighted by Crippen LogP contribution is -2.58. The average Bonchev–Trinajstić information content (AvgIpc) is 3.01. The average molecular weight is 248 g/mol. The highest BCUT2D eigenvalue weighted by atomic mass is 16.2. The molecule has 0 spiro atoms. The van der Waals surface area contributed by atoms with E-state index in [4.69, 9.17) is 0 Å². The van der Waals surface area contributed by atoms with Crippen molar-refractivity contribution in [2.45, 2.75) is 31.7 Å². The summed E-state index contributed by atoms with van der Waals surface area (Å²) in [7, 11) is 3.13. The Morgan fingerprint density at radius 2 is 1.78 bits per heavy atom. The number of imide groups is 1. The molecule has 1 aliphatic carbocycles. The van der Waals surface area contributed by atoms with Crippen LogP contribution in [0.5, 0.6) is 0 Å². The van der Waals surface area contributed by atoms with Crippen molar-refractivity contribution in [2.24, 2.45) is 15.9 Å². The summed E-state index contributed by atoms with van der Waals surface area (Å²) in [4.78, 5) is 35.2. The van der Waals surface area contributed by atoms with Crippen LogP contribution in [0.25, 0.3) is 0 Å². The summed E-state index contributed by atoms with van der Waals surface area (Å²) >= 11 is 0. The fourth-order valence-electron chi connectivity index (χ4n) is 2.80. The summed E-state index contributed by atoms with van der Waals surface area (Å²) in [5.74, 6) is 1.34. The van der Waals surface area contributed by atoms with Crippen LogP contribution in [0.2, 0.25) is 0 Å².